The van der Waals surface area contributed by atoms with Crippen LogP contribution in [0.5, 0.6) is 5.75 Å². The molecular formula is C20H21F2N3O5. The number of benzene rings is 1. The van der Waals surface area contributed by atoms with Gasteiger partial charge in [-0.05, 0) is 12.5 Å². The molecule has 3 heterocycles. The highest BCUT2D eigenvalue weighted by Gasteiger charge is 2.47. The van der Waals surface area contributed by atoms with E-state index in [1.54, 1.807) is 4.90 Å². The van der Waals surface area contributed by atoms with E-state index in [0.29, 0.717) is 19.6 Å². The Morgan fingerprint density at radius 1 is 1.40 bits per heavy atom. The number of carboxylic acid groups (broad SMARTS) is 1. The number of pyridine rings is 1. The van der Waals surface area contributed by atoms with E-state index >= 15 is 4.39 Å². The van der Waals surface area contributed by atoms with Gasteiger partial charge in [0.2, 0.25) is 5.43 Å². The summed E-state index contributed by atoms with van der Waals surface area (Å²) in [6.45, 7) is 0.843. The number of fused-ring (bicyclic) bond motifs is 2. The van der Waals surface area contributed by atoms with Crippen LogP contribution in [-0.2, 0) is 4.74 Å². The van der Waals surface area contributed by atoms with E-state index in [0.717, 1.165) is 12.3 Å². The van der Waals surface area contributed by atoms with Crippen molar-refractivity contribution in [3.8, 4) is 5.75 Å². The molecule has 2 aromatic rings. The van der Waals surface area contributed by atoms with Crippen LogP contribution in [-0.4, -0.2) is 60.3 Å². The Bertz CT molecular complexity index is 1120. The predicted molar refractivity (Wildman–Crippen MR) is 104 cm³/mol. The highest BCUT2D eigenvalue weighted by atomic mass is 19.1. The van der Waals surface area contributed by atoms with Crippen molar-refractivity contribution in [2.24, 2.45) is 5.73 Å². The van der Waals surface area contributed by atoms with Crippen LogP contribution in [0.4, 0.5) is 14.5 Å². The van der Waals surface area contributed by atoms with Crippen LogP contribution >= 0.6 is 0 Å². The molecule has 0 radical (unpaired) electrons. The largest absolute Gasteiger partial charge is 0.492 e. The molecule has 5 atom stereocenters. The molecule has 5 rings (SSSR count). The molecule has 0 spiro atoms. The summed E-state index contributed by atoms with van der Waals surface area (Å²) in [6, 6.07) is -0.0774. The maximum absolute atomic E-state index is 15.4. The van der Waals surface area contributed by atoms with Crippen LogP contribution in [0.1, 0.15) is 29.2 Å². The Kier molecular flexibility index (Phi) is 4.26. The molecule has 1 aromatic heterocycles. The summed E-state index contributed by atoms with van der Waals surface area (Å²) in [4.78, 5) is 26.1. The number of hydrogen-bond donors (Lipinski definition) is 2. The quantitative estimate of drug-likeness (QED) is 0.769. The third-order valence-corrected chi connectivity index (χ3v) is 6.29. The Morgan fingerprint density at radius 2 is 2.13 bits per heavy atom. The third-order valence-electron chi connectivity index (χ3n) is 6.29. The second-order valence-electron chi connectivity index (χ2n) is 8.05. The molecule has 30 heavy (non-hydrogen) atoms. The zero-order valence-corrected chi connectivity index (χ0v) is 16.2. The van der Waals surface area contributed by atoms with Gasteiger partial charge < -0.3 is 29.8 Å². The Hall–Kier alpha value is -2.72. The summed E-state index contributed by atoms with van der Waals surface area (Å²) < 4.78 is 42.0. The van der Waals surface area contributed by atoms with Gasteiger partial charge in [-0.25, -0.2) is 13.6 Å². The number of carbonyl (C=O) groups is 1. The van der Waals surface area contributed by atoms with Gasteiger partial charge >= 0.3 is 5.97 Å². The number of ether oxygens (including phenoxy) is 2. The SMILES string of the molecule is COc1c(N2C[C@H](N)[C@H]3OCC[C@H]32)c(F)cc2c(=O)c(C(=O)O)cn([C@@H]3C[C@@H]3F)c12. The number of nitrogens with zero attached hydrogens (tertiary/aromatic N) is 2. The number of hydrogen-bond acceptors (Lipinski definition) is 6. The molecule has 1 saturated carbocycles. The fourth-order valence-corrected chi connectivity index (χ4v) is 4.82. The zero-order valence-electron chi connectivity index (χ0n) is 16.2. The van der Waals surface area contributed by atoms with E-state index in [9.17, 15) is 19.1 Å². The lowest BCUT2D eigenvalue weighted by molar-refractivity contribution is 0.0694. The van der Waals surface area contributed by atoms with Gasteiger partial charge in [0.25, 0.3) is 0 Å². The first-order valence-corrected chi connectivity index (χ1v) is 9.80. The number of carboxylic acids is 1. The van der Waals surface area contributed by atoms with E-state index in [1.807, 2.05) is 0 Å². The van der Waals surface area contributed by atoms with Crippen LogP contribution in [0.25, 0.3) is 10.9 Å². The summed E-state index contributed by atoms with van der Waals surface area (Å²) in [5.41, 5.74) is 5.12. The first kappa shape index (κ1) is 19.3. The minimum absolute atomic E-state index is 0.0675. The van der Waals surface area contributed by atoms with Gasteiger partial charge in [-0.1, -0.05) is 0 Å². The van der Waals surface area contributed by atoms with Gasteiger partial charge in [0.15, 0.2) is 11.6 Å². The van der Waals surface area contributed by atoms with Crippen LogP contribution in [0.15, 0.2) is 17.1 Å². The average molecular weight is 421 g/mol. The number of nitrogens with two attached hydrogens (primary N) is 1. The topological polar surface area (TPSA) is 107 Å². The molecule has 2 aliphatic heterocycles. The molecule has 3 fully saturated rings. The molecule has 2 saturated heterocycles. The van der Waals surface area contributed by atoms with Gasteiger partial charge in [-0.15, -0.1) is 0 Å². The number of halogens is 2. The van der Waals surface area contributed by atoms with Gasteiger partial charge in [0.1, 0.15) is 17.4 Å². The first-order valence-electron chi connectivity index (χ1n) is 9.80. The molecule has 10 heteroatoms. The van der Waals surface area contributed by atoms with Crippen molar-refractivity contribution in [1.82, 2.24) is 4.57 Å². The second-order valence-corrected chi connectivity index (χ2v) is 8.05. The molecular weight excluding hydrogens is 400 g/mol. The highest BCUT2D eigenvalue weighted by molar-refractivity contribution is 5.97. The van der Waals surface area contributed by atoms with Crippen molar-refractivity contribution in [2.75, 3.05) is 25.2 Å². The summed E-state index contributed by atoms with van der Waals surface area (Å²) >= 11 is 0. The van der Waals surface area contributed by atoms with Gasteiger partial charge in [0.05, 0.1) is 42.2 Å². The fourth-order valence-electron chi connectivity index (χ4n) is 4.82. The van der Waals surface area contributed by atoms with E-state index < -0.39 is 35.0 Å². The van der Waals surface area contributed by atoms with E-state index in [2.05, 4.69) is 0 Å². The molecule has 0 unspecified atom stereocenters. The molecule has 3 N–H and O–H groups in total. The highest BCUT2D eigenvalue weighted by Crippen LogP contribution is 2.47. The lowest BCUT2D eigenvalue weighted by Crippen LogP contribution is -2.35. The number of anilines is 1. The molecule has 3 aliphatic rings. The number of rotatable bonds is 4. The summed E-state index contributed by atoms with van der Waals surface area (Å²) in [6.07, 6.45) is 0.556. The van der Waals surface area contributed by atoms with Crippen molar-refractivity contribution < 1.29 is 28.2 Å². The Balaban J connectivity index is 1.80. The van der Waals surface area contributed by atoms with Gasteiger partial charge in [0, 0.05) is 25.8 Å². The van der Waals surface area contributed by atoms with Crippen molar-refractivity contribution in [3.05, 3.63) is 33.9 Å². The standard InChI is InChI=1S/C20H21F2N3O5/c1-29-19-15-8(17(26)9(20(27)28)6-24(15)14-5-10(14)21)4-11(22)16(19)25-7-12(23)18-13(25)2-3-30-18/h4,6,10,12-14,18H,2-3,5,7,23H2,1H3,(H,27,28)/t10-,12-,13+,14+,18+/m0/s1. The molecule has 8 nitrogen and oxygen atoms in total. The van der Waals surface area contributed by atoms with Gasteiger partial charge in [-0.2, -0.15) is 0 Å². The van der Waals surface area contributed by atoms with Crippen LogP contribution < -0.4 is 20.8 Å². The summed E-state index contributed by atoms with van der Waals surface area (Å²) in [5, 5.41) is 9.25. The lowest BCUT2D eigenvalue weighted by atomic mass is 10.1. The fraction of sp³-hybridized carbons (Fsp3) is 0.500. The van der Waals surface area contributed by atoms with E-state index in [4.69, 9.17) is 15.2 Å². The van der Waals surface area contributed by atoms with Gasteiger partial charge in [-0.3, -0.25) is 4.79 Å². The number of alkyl halides is 1. The maximum Gasteiger partial charge on any atom is 0.341 e. The molecule has 1 aliphatic carbocycles. The smallest absolute Gasteiger partial charge is 0.341 e. The van der Waals surface area contributed by atoms with Crippen molar-refractivity contribution in [2.45, 2.75) is 43.2 Å². The molecule has 0 bridgehead atoms. The average Bonchev–Trinajstić information content (AvgIpc) is 3.11. The zero-order chi connectivity index (χ0) is 21.3. The number of methoxy groups -OCH3 is 1. The molecule has 0 amide bonds. The van der Waals surface area contributed by atoms with E-state index in [1.165, 1.54) is 11.7 Å². The lowest BCUT2D eigenvalue weighted by Gasteiger charge is -2.28. The second kappa shape index (κ2) is 6.64. The van der Waals surface area contributed by atoms with Crippen molar-refractivity contribution in [3.63, 3.8) is 0 Å². The number of aromatic carboxylic acids is 1. The van der Waals surface area contributed by atoms with Crippen molar-refractivity contribution >= 4 is 22.6 Å². The normalized spacial score (nSPS) is 30.0. The maximum atomic E-state index is 15.4. The Labute approximate surface area is 169 Å². The first-order chi connectivity index (χ1) is 14.3. The Morgan fingerprint density at radius 3 is 2.77 bits per heavy atom. The monoisotopic (exact) mass is 421 g/mol. The third kappa shape index (κ3) is 2.63. The van der Waals surface area contributed by atoms with Crippen molar-refractivity contribution in [1.29, 1.82) is 0 Å². The number of aromatic nitrogens is 1. The summed E-state index contributed by atoms with van der Waals surface area (Å²) in [5.74, 6) is -2.11. The summed E-state index contributed by atoms with van der Waals surface area (Å²) in [7, 11) is 1.34. The molecule has 160 valence electrons. The minimum atomic E-state index is -1.45. The van der Waals surface area contributed by atoms with E-state index in [-0.39, 0.29) is 46.9 Å². The molecule has 1 aromatic carbocycles. The van der Waals surface area contributed by atoms with Crippen LogP contribution in [0, 0.1) is 5.82 Å². The predicted octanol–water partition coefficient (Wildman–Crippen LogP) is 1.44. The minimum Gasteiger partial charge on any atom is -0.492 e. The van der Waals surface area contributed by atoms with Crippen LogP contribution in [0.3, 0.4) is 0 Å². The van der Waals surface area contributed by atoms with Crippen LogP contribution in [0.2, 0.25) is 0 Å².